The number of nitro benzene ring substituents is 1. The summed E-state index contributed by atoms with van der Waals surface area (Å²) in [7, 11) is -4.69. The van der Waals surface area contributed by atoms with Gasteiger partial charge in [-0.3, -0.25) is 19.5 Å². The number of carbonyl (C=O) groups excluding carboxylic acids is 1. The van der Waals surface area contributed by atoms with E-state index in [0.29, 0.717) is 12.4 Å². The summed E-state index contributed by atoms with van der Waals surface area (Å²) in [5.41, 5.74) is -0.574. The van der Waals surface area contributed by atoms with Crippen LogP contribution in [-0.2, 0) is 10.1 Å². The number of nitro groups is 1. The average molecular weight is 297 g/mol. The number of rotatable bonds is 4. The Hall–Kier alpha value is -2.52. The summed E-state index contributed by atoms with van der Waals surface area (Å²) in [5, 5.41) is 10.6. The Morgan fingerprint density at radius 2 is 1.95 bits per heavy atom. The molecule has 0 amide bonds. The molecule has 0 unspecified atom stereocenters. The summed E-state index contributed by atoms with van der Waals surface area (Å²) < 4.78 is 36.8. The van der Waals surface area contributed by atoms with Gasteiger partial charge < -0.3 is 4.42 Å². The van der Waals surface area contributed by atoms with Crippen LogP contribution in [0.15, 0.2) is 39.6 Å². The zero-order valence-electron chi connectivity index (χ0n) is 9.72. The first-order chi connectivity index (χ1) is 9.32. The molecule has 0 aliphatic rings. The quantitative estimate of drug-likeness (QED) is 0.395. The molecule has 1 N–H and O–H groups in total. The van der Waals surface area contributed by atoms with Gasteiger partial charge in [-0.1, -0.05) is 0 Å². The van der Waals surface area contributed by atoms with Gasteiger partial charge in [0.25, 0.3) is 15.8 Å². The van der Waals surface area contributed by atoms with E-state index in [2.05, 4.69) is 0 Å². The Morgan fingerprint density at radius 3 is 2.45 bits per heavy atom. The number of carbonyl (C=O) groups is 1. The van der Waals surface area contributed by atoms with Gasteiger partial charge in [-0.25, -0.2) is 0 Å². The Balaban J connectivity index is 2.69. The summed E-state index contributed by atoms with van der Waals surface area (Å²) in [5.74, 6) is -0.0470. The molecular weight excluding hydrogens is 290 g/mol. The Morgan fingerprint density at radius 1 is 1.25 bits per heavy atom. The lowest BCUT2D eigenvalue weighted by Crippen LogP contribution is -2.02. The second-order valence-corrected chi connectivity index (χ2v) is 5.12. The third-order valence-electron chi connectivity index (χ3n) is 2.46. The highest BCUT2D eigenvalue weighted by molar-refractivity contribution is 7.86. The number of hydrogen-bond acceptors (Lipinski definition) is 6. The predicted molar refractivity (Wildman–Crippen MR) is 66.0 cm³/mol. The molecule has 8 nitrogen and oxygen atoms in total. The molecule has 1 heterocycles. The molecule has 0 fully saturated rings. The second-order valence-electron chi connectivity index (χ2n) is 3.73. The summed E-state index contributed by atoms with van der Waals surface area (Å²) in [6, 6.07) is 5.52. The minimum Gasteiger partial charge on any atom is -0.453 e. The first-order valence-corrected chi connectivity index (χ1v) is 6.58. The van der Waals surface area contributed by atoms with Crippen LogP contribution in [0.25, 0.3) is 11.3 Å². The lowest BCUT2D eigenvalue weighted by atomic mass is 10.1. The van der Waals surface area contributed by atoms with Gasteiger partial charge in [0.2, 0.25) is 0 Å². The Bertz CT molecular complexity index is 791. The molecule has 1 aromatic heterocycles. The fourth-order valence-corrected chi connectivity index (χ4v) is 2.32. The van der Waals surface area contributed by atoms with E-state index in [1.54, 1.807) is 0 Å². The van der Waals surface area contributed by atoms with E-state index in [0.717, 1.165) is 12.1 Å². The molecule has 2 rings (SSSR count). The summed E-state index contributed by atoms with van der Waals surface area (Å²) in [4.78, 5) is 19.7. The monoisotopic (exact) mass is 297 g/mol. The second kappa shape index (κ2) is 4.87. The fraction of sp³-hybridized carbons (Fsp3) is 0. The minimum atomic E-state index is -4.69. The van der Waals surface area contributed by atoms with Crippen molar-refractivity contribution in [2.24, 2.45) is 0 Å². The topological polar surface area (TPSA) is 128 Å². The molecule has 2 aromatic rings. The van der Waals surface area contributed by atoms with E-state index in [9.17, 15) is 23.3 Å². The number of non-ortho nitro benzene ring substituents is 1. The van der Waals surface area contributed by atoms with Crippen molar-refractivity contribution < 1.29 is 27.1 Å². The number of aldehydes is 1. The van der Waals surface area contributed by atoms with E-state index in [1.807, 2.05) is 0 Å². The first-order valence-electron chi connectivity index (χ1n) is 5.14. The first kappa shape index (κ1) is 13.9. The predicted octanol–water partition coefficient (Wildman–Crippen LogP) is 1.91. The van der Waals surface area contributed by atoms with E-state index in [-0.39, 0.29) is 17.1 Å². The summed E-state index contributed by atoms with van der Waals surface area (Å²) >= 11 is 0. The molecule has 104 valence electrons. The molecule has 1 aromatic carbocycles. The Kier molecular flexibility index (Phi) is 3.38. The molecule has 0 aliphatic carbocycles. The molecule has 0 saturated carbocycles. The number of hydrogen-bond donors (Lipinski definition) is 1. The van der Waals surface area contributed by atoms with Crippen LogP contribution in [0.5, 0.6) is 0 Å². The average Bonchev–Trinajstić information content (AvgIpc) is 2.85. The highest BCUT2D eigenvalue weighted by Crippen LogP contribution is 2.31. The van der Waals surface area contributed by atoms with Crippen molar-refractivity contribution in [2.45, 2.75) is 4.90 Å². The van der Waals surface area contributed by atoms with Gasteiger partial charge in [0.15, 0.2) is 12.0 Å². The molecule has 0 aliphatic heterocycles. The SMILES string of the molecule is O=Cc1ccc(-c2ccc([N+](=O)[O-])cc2S(=O)(=O)O)o1. The third kappa shape index (κ3) is 2.58. The van der Waals surface area contributed by atoms with Crippen LogP contribution >= 0.6 is 0 Å². The molecule has 0 radical (unpaired) electrons. The maximum atomic E-state index is 11.3. The van der Waals surface area contributed by atoms with Gasteiger partial charge in [-0.2, -0.15) is 8.42 Å². The van der Waals surface area contributed by atoms with Crippen molar-refractivity contribution in [3.8, 4) is 11.3 Å². The zero-order valence-corrected chi connectivity index (χ0v) is 10.5. The number of furan rings is 1. The maximum Gasteiger partial charge on any atom is 0.295 e. The molecule has 0 spiro atoms. The lowest BCUT2D eigenvalue weighted by molar-refractivity contribution is -0.385. The van der Waals surface area contributed by atoms with Gasteiger partial charge >= 0.3 is 0 Å². The fourth-order valence-electron chi connectivity index (χ4n) is 1.60. The van der Waals surface area contributed by atoms with E-state index in [1.165, 1.54) is 12.1 Å². The Labute approximate surface area is 112 Å². The molecular formula is C11H7NO7S. The van der Waals surface area contributed by atoms with Gasteiger partial charge in [-0.15, -0.1) is 0 Å². The molecule has 20 heavy (non-hydrogen) atoms. The summed E-state index contributed by atoms with van der Waals surface area (Å²) in [6.07, 6.45) is 0.419. The summed E-state index contributed by atoms with van der Waals surface area (Å²) in [6.45, 7) is 0. The van der Waals surface area contributed by atoms with E-state index in [4.69, 9.17) is 8.97 Å². The number of benzene rings is 1. The maximum absolute atomic E-state index is 11.3. The molecule has 0 bridgehead atoms. The lowest BCUT2D eigenvalue weighted by Gasteiger charge is -2.04. The van der Waals surface area contributed by atoms with Crippen LogP contribution in [0.4, 0.5) is 5.69 Å². The van der Waals surface area contributed by atoms with Gasteiger partial charge in [0, 0.05) is 17.7 Å². The number of nitrogens with zero attached hydrogens (tertiary/aromatic N) is 1. The standard InChI is InChI=1S/C11H7NO7S/c13-6-8-2-4-10(19-8)9-3-1-7(12(14)15)5-11(9)20(16,17)18/h1-6H,(H,16,17,18). The van der Waals surface area contributed by atoms with Crippen LogP contribution in [0.3, 0.4) is 0 Å². The van der Waals surface area contributed by atoms with Gasteiger partial charge in [0.1, 0.15) is 10.7 Å². The van der Waals surface area contributed by atoms with Crippen LogP contribution in [0.1, 0.15) is 10.6 Å². The van der Waals surface area contributed by atoms with Crippen LogP contribution in [-0.4, -0.2) is 24.2 Å². The van der Waals surface area contributed by atoms with Crippen molar-refractivity contribution >= 4 is 22.1 Å². The van der Waals surface area contributed by atoms with Crippen LogP contribution in [0, 0.1) is 10.1 Å². The van der Waals surface area contributed by atoms with Crippen molar-refractivity contribution in [3.05, 3.63) is 46.2 Å². The van der Waals surface area contributed by atoms with Crippen molar-refractivity contribution in [3.63, 3.8) is 0 Å². The van der Waals surface area contributed by atoms with Gasteiger partial charge in [0.05, 0.1) is 4.92 Å². The largest absolute Gasteiger partial charge is 0.453 e. The van der Waals surface area contributed by atoms with Gasteiger partial charge in [-0.05, 0) is 18.2 Å². The smallest absolute Gasteiger partial charge is 0.295 e. The van der Waals surface area contributed by atoms with Crippen LogP contribution < -0.4 is 0 Å². The minimum absolute atomic E-state index is 0.00498. The van der Waals surface area contributed by atoms with E-state index < -0.39 is 25.6 Å². The highest BCUT2D eigenvalue weighted by atomic mass is 32.2. The molecule has 9 heteroatoms. The molecule has 0 atom stereocenters. The highest BCUT2D eigenvalue weighted by Gasteiger charge is 2.22. The zero-order chi connectivity index (χ0) is 14.9. The normalized spacial score (nSPS) is 11.2. The van der Waals surface area contributed by atoms with E-state index >= 15 is 0 Å². The molecule has 0 saturated heterocycles. The van der Waals surface area contributed by atoms with Crippen molar-refractivity contribution in [1.29, 1.82) is 0 Å². The van der Waals surface area contributed by atoms with Crippen LogP contribution in [0.2, 0.25) is 0 Å². The van der Waals surface area contributed by atoms with Crippen molar-refractivity contribution in [2.75, 3.05) is 0 Å². The van der Waals surface area contributed by atoms with Crippen molar-refractivity contribution in [1.82, 2.24) is 0 Å². The third-order valence-corrected chi connectivity index (χ3v) is 3.36.